The number of alkyl carbamates (subject to hydrolysis) is 1. The number of carbonyl (C=O) groups excluding carboxylic acids is 2. The molecular formula is C10H10KNO4. The molecule has 1 aromatic rings. The first-order valence-corrected chi connectivity index (χ1v) is 4.33. The third kappa shape index (κ3) is 6.97. The van der Waals surface area contributed by atoms with Gasteiger partial charge in [0.2, 0.25) is 0 Å². The van der Waals surface area contributed by atoms with E-state index < -0.39 is 18.6 Å². The van der Waals surface area contributed by atoms with E-state index in [0.717, 1.165) is 5.56 Å². The van der Waals surface area contributed by atoms with Crippen LogP contribution in [0.15, 0.2) is 30.3 Å². The Morgan fingerprint density at radius 3 is 2.44 bits per heavy atom. The predicted molar refractivity (Wildman–Crippen MR) is 49.6 cm³/mol. The fraction of sp³-hybridized carbons (Fsp3) is 0.200. The van der Waals surface area contributed by atoms with Crippen molar-refractivity contribution in [2.24, 2.45) is 0 Å². The van der Waals surface area contributed by atoms with Gasteiger partial charge >= 0.3 is 57.5 Å². The standard InChI is InChI=1S/C10H11NO4.K/c12-9(13)6-11-10(14)15-7-8-4-2-1-3-5-8;/h1-5H,6-7H2,(H,11,14)(H,12,13);/q;+1/p-1. The van der Waals surface area contributed by atoms with Gasteiger partial charge in [0.15, 0.2) is 0 Å². The normalized spacial score (nSPS) is 8.75. The molecule has 1 rings (SSSR count). The predicted octanol–water partition coefficient (Wildman–Crippen LogP) is -3.33. The van der Waals surface area contributed by atoms with Gasteiger partial charge in [0.25, 0.3) is 0 Å². The van der Waals surface area contributed by atoms with Crippen LogP contribution in [0.4, 0.5) is 4.79 Å². The Kier molecular flexibility index (Phi) is 8.49. The zero-order valence-electron chi connectivity index (χ0n) is 8.93. The number of ether oxygens (including phenoxy) is 1. The van der Waals surface area contributed by atoms with Gasteiger partial charge in [-0.15, -0.1) is 0 Å². The van der Waals surface area contributed by atoms with Crippen molar-refractivity contribution in [2.75, 3.05) is 6.54 Å². The Labute approximate surface area is 136 Å². The summed E-state index contributed by atoms with van der Waals surface area (Å²) in [6.45, 7) is -0.437. The number of hydrogen-bond acceptors (Lipinski definition) is 4. The van der Waals surface area contributed by atoms with Gasteiger partial charge in [-0.1, -0.05) is 30.3 Å². The summed E-state index contributed by atoms with van der Waals surface area (Å²) in [5.41, 5.74) is 0.834. The van der Waals surface area contributed by atoms with Crippen molar-refractivity contribution in [1.82, 2.24) is 5.32 Å². The van der Waals surface area contributed by atoms with Crippen molar-refractivity contribution in [2.45, 2.75) is 6.61 Å². The molecule has 0 fully saturated rings. The van der Waals surface area contributed by atoms with Crippen molar-refractivity contribution >= 4 is 12.1 Å². The summed E-state index contributed by atoms with van der Waals surface area (Å²) in [7, 11) is 0. The van der Waals surface area contributed by atoms with Crippen molar-refractivity contribution in [3.05, 3.63) is 35.9 Å². The molecule has 16 heavy (non-hydrogen) atoms. The molecule has 5 nitrogen and oxygen atoms in total. The zero-order chi connectivity index (χ0) is 11.1. The van der Waals surface area contributed by atoms with Crippen LogP contribution in [-0.2, 0) is 16.1 Å². The maximum absolute atomic E-state index is 10.9. The van der Waals surface area contributed by atoms with E-state index in [-0.39, 0.29) is 58.0 Å². The van der Waals surface area contributed by atoms with Crippen LogP contribution in [0.2, 0.25) is 0 Å². The minimum Gasteiger partial charge on any atom is -0.548 e. The van der Waals surface area contributed by atoms with E-state index in [2.05, 4.69) is 0 Å². The van der Waals surface area contributed by atoms with Gasteiger partial charge in [0.1, 0.15) is 6.61 Å². The van der Waals surface area contributed by atoms with Gasteiger partial charge in [-0.25, -0.2) is 4.79 Å². The van der Waals surface area contributed by atoms with Gasteiger partial charge in [-0.05, 0) is 5.56 Å². The minimum absolute atomic E-state index is 0. The number of nitrogens with one attached hydrogen (secondary N) is 1. The second-order valence-corrected chi connectivity index (χ2v) is 2.79. The summed E-state index contributed by atoms with van der Waals surface area (Å²) in [6, 6.07) is 9.08. The second kappa shape index (κ2) is 8.71. The third-order valence-corrected chi connectivity index (χ3v) is 1.59. The molecule has 0 saturated carbocycles. The van der Waals surface area contributed by atoms with Gasteiger partial charge in [-0.2, -0.15) is 0 Å². The van der Waals surface area contributed by atoms with E-state index in [9.17, 15) is 14.7 Å². The Hall–Kier alpha value is -0.404. The molecule has 0 aromatic heterocycles. The van der Waals surface area contributed by atoms with E-state index in [4.69, 9.17) is 4.74 Å². The van der Waals surface area contributed by atoms with E-state index in [1.54, 1.807) is 12.1 Å². The van der Waals surface area contributed by atoms with Crippen LogP contribution in [0.25, 0.3) is 0 Å². The van der Waals surface area contributed by atoms with Crippen LogP contribution >= 0.6 is 0 Å². The first kappa shape index (κ1) is 15.6. The van der Waals surface area contributed by atoms with Gasteiger partial charge < -0.3 is 20.0 Å². The molecule has 0 aliphatic heterocycles. The summed E-state index contributed by atoms with van der Waals surface area (Å²) in [5.74, 6) is -1.35. The second-order valence-electron chi connectivity index (χ2n) is 2.79. The van der Waals surface area contributed by atoms with Crippen LogP contribution in [0.1, 0.15) is 5.56 Å². The monoisotopic (exact) mass is 247 g/mol. The third-order valence-electron chi connectivity index (χ3n) is 1.59. The van der Waals surface area contributed by atoms with Gasteiger partial charge in [-0.3, -0.25) is 0 Å². The molecule has 0 unspecified atom stereocenters. The minimum atomic E-state index is -1.35. The van der Waals surface area contributed by atoms with E-state index in [1.165, 1.54) is 0 Å². The van der Waals surface area contributed by atoms with Gasteiger partial charge in [0, 0.05) is 0 Å². The molecular weight excluding hydrogens is 237 g/mol. The van der Waals surface area contributed by atoms with Gasteiger partial charge in [0.05, 0.1) is 12.5 Å². The molecule has 6 heteroatoms. The van der Waals surface area contributed by atoms with E-state index >= 15 is 0 Å². The SMILES string of the molecule is O=C([O-])CNC(=O)OCc1ccccc1.[K+]. The zero-order valence-corrected chi connectivity index (χ0v) is 12.1. The maximum atomic E-state index is 10.9. The fourth-order valence-corrected chi connectivity index (χ4v) is 0.918. The quantitative estimate of drug-likeness (QED) is 0.564. The summed E-state index contributed by atoms with van der Waals surface area (Å²) in [4.78, 5) is 20.9. The molecule has 80 valence electrons. The molecule has 1 amide bonds. The van der Waals surface area contributed by atoms with Crippen LogP contribution in [0.5, 0.6) is 0 Å². The average Bonchev–Trinajstić information content (AvgIpc) is 2.25. The fourth-order valence-electron chi connectivity index (χ4n) is 0.918. The Morgan fingerprint density at radius 2 is 1.88 bits per heavy atom. The van der Waals surface area contributed by atoms with E-state index in [1.807, 2.05) is 23.5 Å². The van der Waals surface area contributed by atoms with Crippen molar-refractivity contribution in [3.8, 4) is 0 Å². The number of benzene rings is 1. The molecule has 0 heterocycles. The summed E-state index contributed by atoms with van der Waals surface area (Å²) in [6.07, 6.45) is -0.775. The topological polar surface area (TPSA) is 78.5 Å². The number of carbonyl (C=O) groups is 2. The molecule has 0 bridgehead atoms. The number of hydrogen-bond donors (Lipinski definition) is 1. The summed E-state index contributed by atoms with van der Waals surface area (Å²) >= 11 is 0. The number of amides is 1. The van der Waals surface area contributed by atoms with Crippen LogP contribution in [0, 0.1) is 0 Å². The van der Waals surface area contributed by atoms with E-state index in [0.29, 0.717) is 0 Å². The average molecular weight is 247 g/mol. The largest absolute Gasteiger partial charge is 1.00 e. The summed E-state index contributed by atoms with van der Waals surface area (Å²) < 4.78 is 4.74. The molecule has 0 atom stereocenters. The van der Waals surface area contributed by atoms with Crippen LogP contribution in [-0.4, -0.2) is 18.6 Å². The number of rotatable bonds is 4. The first-order valence-electron chi connectivity index (χ1n) is 4.33. The molecule has 0 saturated heterocycles. The first-order chi connectivity index (χ1) is 7.18. The Balaban J connectivity index is 0.00000225. The molecule has 0 radical (unpaired) electrons. The molecule has 0 spiro atoms. The van der Waals surface area contributed by atoms with Crippen molar-refractivity contribution in [3.63, 3.8) is 0 Å². The molecule has 1 N–H and O–H groups in total. The van der Waals surface area contributed by atoms with Crippen molar-refractivity contribution < 1.29 is 70.8 Å². The molecule has 0 aliphatic rings. The molecule has 0 aliphatic carbocycles. The summed E-state index contributed by atoms with van der Waals surface area (Å²) in [5, 5.41) is 12.0. The maximum Gasteiger partial charge on any atom is 1.00 e. The number of carboxylic acid groups (broad SMARTS) is 1. The number of carboxylic acids is 1. The van der Waals surface area contributed by atoms with Crippen LogP contribution in [0.3, 0.4) is 0 Å². The Bertz CT molecular complexity index is 342. The smallest absolute Gasteiger partial charge is 0.548 e. The molecule has 1 aromatic carbocycles. The number of aliphatic carboxylic acids is 1. The van der Waals surface area contributed by atoms with Crippen LogP contribution < -0.4 is 61.8 Å². The Morgan fingerprint density at radius 1 is 1.25 bits per heavy atom. The van der Waals surface area contributed by atoms with Crippen molar-refractivity contribution in [1.29, 1.82) is 0 Å².